The molecule has 2 rings (SSSR count). The SMILES string of the molecule is O=C(NCCC1CCCCO1)c1cccc(Br)c1F. The molecule has 1 heterocycles. The number of halogens is 2. The predicted molar refractivity (Wildman–Crippen MR) is 74.6 cm³/mol. The van der Waals surface area contributed by atoms with Gasteiger partial charge in [0.2, 0.25) is 0 Å². The molecule has 0 spiro atoms. The van der Waals surface area contributed by atoms with Crippen LogP contribution >= 0.6 is 15.9 Å². The lowest BCUT2D eigenvalue weighted by molar-refractivity contribution is 0.0117. The van der Waals surface area contributed by atoms with E-state index in [-0.39, 0.29) is 17.6 Å². The van der Waals surface area contributed by atoms with Gasteiger partial charge >= 0.3 is 0 Å². The standard InChI is InChI=1S/C14H17BrFNO2/c15-12-6-3-5-11(13(12)16)14(18)17-8-7-10-4-1-2-9-19-10/h3,5-6,10H,1-2,4,7-9H2,(H,17,18). The second-order valence-corrected chi connectivity index (χ2v) is 5.49. The maximum atomic E-state index is 13.7. The zero-order valence-corrected chi connectivity index (χ0v) is 12.2. The second-order valence-electron chi connectivity index (χ2n) is 4.63. The Balaban J connectivity index is 1.82. The molecule has 1 saturated heterocycles. The van der Waals surface area contributed by atoms with Gasteiger partial charge in [-0.2, -0.15) is 0 Å². The molecule has 1 aliphatic rings. The van der Waals surface area contributed by atoms with Crippen molar-refractivity contribution in [2.45, 2.75) is 31.8 Å². The molecule has 0 bridgehead atoms. The third-order valence-corrected chi connectivity index (χ3v) is 3.83. The molecule has 5 heteroatoms. The number of nitrogens with one attached hydrogen (secondary N) is 1. The van der Waals surface area contributed by atoms with E-state index in [0.717, 1.165) is 25.9 Å². The van der Waals surface area contributed by atoms with Crippen LogP contribution in [0, 0.1) is 5.82 Å². The van der Waals surface area contributed by atoms with Gasteiger partial charge < -0.3 is 10.1 Å². The van der Waals surface area contributed by atoms with Gasteiger partial charge in [0, 0.05) is 13.2 Å². The molecular weight excluding hydrogens is 313 g/mol. The van der Waals surface area contributed by atoms with E-state index in [2.05, 4.69) is 21.2 Å². The Hall–Kier alpha value is -0.940. The Morgan fingerprint density at radius 2 is 2.32 bits per heavy atom. The Kier molecular flexibility index (Phi) is 5.34. The molecular formula is C14H17BrFNO2. The van der Waals surface area contributed by atoms with Crippen molar-refractivity contribution in [2.75, 3.05) is 13.2 Å². The van der Waals surface area contributed by atoms with Crippen LogP contribution in [-0.2, 0) is 4.74 Å². The molecule has 1 N–H and O–H groups in total. The first kappa shape index (κ1) is 14.5. The number of hydrogen-bond acceptors (Lipinski definition) is 2. The number of amides is 1. The second kappa shape index (κ2) is 7.01. The summed E-state index contributed by atoms with van der Waals surface area (Å²) < 4.78 is 19.6. The van der Waals surface area contributed by atoms with Crippen LogP contribution in [0.3, 0.4) is 0 Å². The number of benzene rings is 1. The van der Waals surface area contributed by atoms with Crippen LogP contribution in [0.4, 0.5) is 4.39 Å². The van der Waals surface area contributed by atoms with Crippen molar-refractivity contribution in [3.05, 3.63) is 34.1 Å². The van der Waals surface area contributed by atoms with Gasteiger partial charge in [-0.1, -0.05) is 6.07 Å². The molecule has 0 saturated carbocycles. The summed E-state index contributed by atoms with van der Waals surface area (Å²) in [4.78, 5) is 11.8. The molecule has 0 radical (unpaired) electrons. The number of carbonyl (C=O) groups excluding carboxylic acids is 1. The Bertz CT molecular complexity index is 447. The monoisotopic (exact) mass is 329 g/mol. The van der Waals surface area contributed by atoms with Gasteiger partial charge in [-0.3, -0.25) is 4.79 Å². The van der Waals surface area contributed by atoms with Gasteiger partial charge in [0.15, 0.2) is 0 Å². The maximum absolute atomic E-state index is 13.7. The zero-order chi connectivity index (χ0) is 13.7. The maximum Gasteiger partial charge on any atom is 0.254 e. The number of ether oxygens (including phenoxy) is 1. The summed E-state index contributed by atoms with van der Waals surface area (Å²) in [6.07, 6.45) is 4.34. The normalized spacial score (nSPS) is 19.2. The Morgan fingerprint density at radius 1 is 1.47 bits per heavy atom. The summed E-state index contributed by atoms with van der Waals surface area (Å²) in [5.74, 6) is -0.900. The average molecular weight is 330 g/mol. The molecule has 1 fully saturated rings. The van der Waals surface area contributed by atoms with Crippen LogP contribution in [0.15, 0.2) is 22.7 Å². The summed E-state index contributed by atoms with van der Waals surface area (Å²) in [6, 6.07) is 4.70. The molecule has 0 aromatic heterocycles. The highest BCUT2D eigenvalue weighted by molar-refractivity contribution is 9.10. The summed E-state index contributed by atoms with van der Waals surface area (Å²) in [7, 11) is 0. The fraction of sp³-hybridized carbons (Fsp3) is 0.500. The van der Waals surface area contributed by atoms with Crippen molar-refractivity contribution in [3.63, 3.8) is 0 Å². The van der Waals surface area contributed by atoms with Crippen LogP contribution in [-0.4, -0.2) is 25.2 Å². The van der Waals surface area contributed by atoms with Crippen molar-refractivity contribution >= 4 is 21.8 Å². The first-order valence-electron chi connectivity index (χ1n) is 6.52. The van der Waals surface area contributed by atoms with Crippen molar-refractivity contribution in [1.29, 1.82) is 0 Å². The third kappa shape index (κ3) is 4.01. The van der Waals surface area contributed by atoms with Crippen LogP contribution < -0.4 is 5.32 Å². The fourth-order valence-electron chi connectivity index (χ4n) is 2.16. The molecule has 0 aliphatic carbocycles. The molecule has 1 amide bonds. The lowest BCUT2D eigenvalue weighted by Crippen LogP contribution is -2.30. The summed E-state index contributed by atoms with van der Waals surface area (Å²) in [5.41, 5.74) is 0.0685. The molecule has 1 unspecified atom stereocenters. The summed E-state index contributed by atoms with van der Waals surface area (Å²) in [5, 5.41) is 2.73. The molecule has 3 nitrogen and oxygen atoms in total. The van der Waals surface area contributed by atoms with Gasteiger partial charge in [-0.25, -0.2) is 4.39 Å². The average Bonchev–Trinajstić information content (AvgIpc) is 2.43. The summed E-state index contributed by atoms with van der Waals surface area (Å²) >= 11 is 3.07. The third-order valence-electron chi connectivity index (χ3n) is 3.22. The Labute approximate surface area is 120 Å². The largest absolute Gasteiger partial charge is 0.378 e. The molecule has 1 aromatic carbocycles. The van der Waals surface area contributed by atoms with Gasteiger partial charge in [0.05, 0.1) is 16.1 Å². The van der Waals surface area contributed by atoms with E-state index in [9.17, 15) is 9.18 Å². The van der Waals surface area contributed by atoms with Gasteiger partial charge in [0.25, 0.3) is 5.91 Å². The van der Waals surface area contributed by atoms with Crippen molar-refractivity contribution in [2.24, 2.45) is 0 Å². The van der Waals surface area contributed by atoms with E-state index in [1.54, 1.807) is 12.1 Å². The van der Waals surface area contributed by atoms with E-state index < -0.39 is 5.82 Å². The highest BCUT2D eigenvalue weighted by Crippen LogP contribution is 2.18. The topological polar surface area (TPSA) is 38.3 Å². The highest BCUT2D eigenvalue weighted by atomic mass is 79.9. The van der Waals surface area contributed by atoms with E-state index in [0.29, 0.717) is 11.0 Å². The van der Waals surface area contributed by atoms with Gasteiger partial charge in [0.1, 0.15) is 5.82 Å². The predicted octanol–water partition coefficient (Wildman–Crippen LogP) is 3.28. The smallest absolute Gasteiger partial charge is 0.254 e. The quantitative estimate of drug-likeness (QED) is 0.920. The van der Waals surface area contributed by atoms with Crippen LogP contribution in [0.5, 0.6) is 0 Å². The number of rotatable bonds is 4. The molecule has 104 valence electrons. The Morgan fingerprint density at radius 3 is 3.05 bits per heavy atom. The molecule has 19 heavy (non-hydrogen) atoms. The lowest BCUT2D eigenvalue weighted by atomic mass is 10.1. The van der Waals surface area contributed by atoms with Crippen molar-refractivity contribution < 1.29 is 13.9 Å². The fourth-order valence-corrected chi connectivity index (χ4v) is 2.52. The van der Waals surface area contributed by atoms with Gasteiger partial charge in [-0.15, -0.1) is 0 Å². The number of carbonyl (C=O) groups is 1. The number of hydrogen-bond donors (Lipinski definition) is 1. The van der Waals surface area contributed by atoms with E-state index in [1.165, 1.54) is 12.5 Å². The van der Waals surface area contributed by atoms with Crippen LogP contribution in [0.2, 0.25) is 0 Å². The van der Waals surface area contributed by atoms with E-state index in [1.807, 2.05) is 0 Å². The molecule has 1 aromatic rings. The van der Waals surface area contributed by atoms with E-state index >= 15 is 0 Å². The van der Waals surface area contributed by atoms with Crippen LogP contribution in [0.1, 0.15) is 36.0 Å². The van der Waals surface area contributed by atoms with Gasteiger partial charge in [-0.05, 0) is 53.7 Å². The minimum absolute atomic E-state index is 0.0685. The zero-order valence-electron chi connectivity index (χ0n) is 10.6. The van der Waals surface area contributed by atoms with Crippen LogP contribution in [0.25, 0.3) is 0 Å². The first-order chi connectivity index (χ1) is 9.18. The van der Waals surface area contributed by atoms with Crippen molar-refractivity contribution in [1.82, 2.24) is 5.32 Å². The highest BCUT2D eigenvalue weighted by Gasteiger charge is 2.16. The first-order valence-corrected chi connectivity index (χ1v) is 7.31. The molecule has 1 aliphatic heterocycles. The summed E-state index contributed by atoms with van der Waals surface area (Å²) in [6.45, 7) is 1.31. The van der Waals surface area contributed by atoms with E-state index in [4.69, 9.17) is 4.74 Å². The van der Waals surface area contributed by atoms with Crippen molar-refractivity contribution in [3.8, 4) is 0 Å². The minimum atomic E-state index is -0.520. The lowest BCUT2D eigenvalue weighted by Gasteiger charge is -2.22. The molecule has 1 atom stereocenters. The minimum Gasteiger partial charge on any atom is -0.378 e.